The average Bonchev–Trinajstić information content (AvgIpc) is 3.27. The van der Waals surface area contributed by atoms with Crippen molar-refractivity contribution in [1.29, 1.82) is 0 Å². The van der Waals surface area contributed by atoms with Gasteiger partial charge in [-0.3, -0.25) is 0 Å². The number of unbranched alkanes of at least 4 members (excludes halogenated alkanes) is 1. The number of hydrogen-bond acceptors (Lipinski definition) is 7. The van der Waals surface area contributed by atoms with Crippen molar-refractivity contribution in [3.8, 4) is 22.1 Å². The zero-order valence-electron chi connectivity index (χ0n) is 17.7. The van der Waals surface area contributed by atoms with E-state index >= 15 is 0 Å². The standard InChI is InChI=1S/C22H23F4N3O3S/c1-21(27,13-30)20-29-28-19(33-20)14-7-8-18(17(11-14)22(24,25)26)32-10-3-2-9-31-16-6-4-5-15(23)12-16/h4-8,11-12,30H,2-3,9-10,13,27H2,1H3/t21-/m0/s1. The molecular formula is C22H23F4N3O3S. The average molecular weight is 486 g/mol. The van der Waals surface area contributed by atoms with Crippen LogP contribution in [0.25, 0.3) is 10.6 Å². The fraction of sp³-hybridized carbons (Fsp3) is 0.364. The number of nitrogens with two attached hydrogens (primary N) is 1. The van der Waals surface area contributed by atoms with E-state index in [1.54, 1.807) is 13.0 Å². The van der Waals surface area contributed by atoms with Gasteiger partial charge in [0, 0.05) is 11.6 Å². The van der Waals surface area contributed by atoms with Crippen LogP contribution in [0.2, 0.25) is 0 Å². The van der Waals surface area contributed by atoms with Gasteiger partial charge in [0.25, 0.3) is 0 Å². The number of hydrogen-bond donors (Lipinski definition) is 2. The molecule has 1 atom stereocenters. The van der Waals surface area contributed by atoms with Crippen LogP contribution in [0.4, 0.5) is 17.6 Å². The molecule has 178 valence electrons. The summed E-state index contributed by atoms with van der Waals surface area (Å²) in [6.45, 7) is 1.51. The van der Waals surface area contributed by atoms with E-state index in [0.29, 0.717) is 23.6 Å². The molecule has 0 saturated carbocycles. The Hall–Kier alpha value is -2.76. The highest BCUT2D eigenvalue weighted by atomic mass is 32.1. The number of aliphatic hydroxyl groups excluding tert-OH is 1. The molecule has 1 aromatic heterocycles. The SMILES string of the molecule is C[C@](N)(CO)c1nnc(-c2ccc(OCCCCOc3cccc(F)c3)c(C(F)(F)F)c2)s1. The van der Waals surface area contributed by atoms with Crippen molar-refractivity contribution in [2.75, 3.05) is 19.8 Å². The predicted octanol–water partition coefficient (Wildman–Crippen LogP) is 4.77. The van der Waals surface area contributed by atoms with Gasteiger partial charge in [-0.25, -0.2) is 4.39 Å². The molecule has 0 amide bonds. The lowest BCUT2D eigenvalue weighted by molar-refractivity contribution is -0.138. The Balaban J connectivity index is 1.62. The summed E-state index contributed by atoms with van der Waals surface area (Å²) in [5, 5.41) is 17.7. The van der Waals surface area contributed by atoms with Crippen molar-refractivity contribution in [2.24, 2.45) is 5.73 Å². The van der Waals surface area contributed by atoms with E-state index in [0.717, 1.165) is 17.4 Å². The second-order valence-corrected chi connectivity index (χ2v) is 8.54. The highest BCUT2D eigenvalue weighted by molar-refractivity contribution is 7.14. The smallest absolute Gasteiger partial charge is 0.419 e. The first-order chi connectivity index (χ1) is 15.6. The van der Waals surface area contributed by atoms with E-state index in [2.05, 4.69) is 10.2 Å². The minimum atomic E-state index is -4.63. The lowest BCUT2D eigenvalue weighted by Crippen LogP contribution is -2.36. The number of halogens is 4. The molecule has 2 aromatic carbocycles. The van der Waals surface area contributed by atoms with Crippen molar-refractivity contribution in [3.63, 3.8) is 0 Å². The number of benzene rings is 2. The lowest BCUT2D eigenvalue weighted by Gasteiger charge is -2.17. The molecule has 11 heteroatoms. The number of rotatable bonds is 10. The van der Waals surface area contributed by atoms with E-state index in [1.807, 2.05) is 0 Å². The first-order valence-electron chi connectivity index (χ1n) is 10.1. The van der Waals surface area contributed by atoms with Crippen LogP contribution in [0.5, 0.6) is 11.5 Å². The van der Waals surface area contributed by atoms with Crippen LogP contribution < -0.4 is 15.2 Å². The summed E-state index contributed by atoms with van der Waals surface area (Å²) in [4.78, 5) is 0. The Kier molecular flexibility index (Phi) is 7.88. The second-order valence-electron chi connectivity index (χ2n) is 7.56. The van der Waals surface area contributed by atoms with Gasteiger partial charge in [0.2, 0.25) is 0 Å². The highest BCUT2D eigenvalue weighted by Crippen LogP contribution is 2.39. The topological polar surface area (TPSA) is 90.5 Å². The number of aromatic nitrogens is 2. The third kappa shape index (κ3) is 6.62. The molecule has 3 rings (SSSR count). The Labute approximate surface area is 192 Å². The molecule has 0 bridgehead atoms. The van der Waals surface area contributed by atoms with Crippen LogP contribution in [-0.4, -0.2) is 35.1 Å². The van der Waals surface area contributed by atoms with Gasteiger partial charge in [0.05, 0.1) is 30.9 Å². The molecule has 0 spiro atoms. The van der Waals surface area contributed by atoms with Gasteiger partial charge in [-0.05, 0) is 50.1 Å². The number of aliphatic hydroxyl groups is 1. The minimum absolute atomic E-state index is 0.0555. The Morgan fingerprint density at radius 3 is 2.42 bits per heavy atom. The second kappa shape index (κ2) is 10.4. The van der Waals surface area contributed by atoms with Crippen molar-refractivity contribution in [1.82, 2.24) is 10.2 Å². The maximum atomic E-state index is 13.6. The van der Waals surface area contributed by atoms with Crippen LogP contribution >= 0.6 is 11.3 Å². The van der Waals surface area contributed by atoms with E-state index < -0.39 is 23.1 Å². The molecule has 3 aromatic rings. The van der Waals surface area contributed by atoms with E-state index in [-0.39, 0.29) is 36.1 Å². The lowest BCUT2D eigenvalue weighted by atomic mass is 10.1. The molecular weight excluding hydrogens is 462 g/mol. The monoisotopic (exact) mass is 485 g/mol. The summed E-state index contributed by atoms with van der Waals surface area (Å²) in [6, 6.07) is 9.38. The molecule has 0 unspecified atom stereocenters. The first-order valence-corrected chi connectivity index (χ1v) is 10.9. The Morgan fingerprint density at radius 2 is 1.76 bits per heavy atom. The van der Waals surface area contributed by atoms with Gasteiger partial charge in [0.15, 0.2) is 0 Å². The molecule has 0 radical (unpaired) electrons. The van der Waals surface area contributed by atoms with Gasteiger partial charge >= 0.3 is 6.18 Å². The fourth-order valence-corrected chi connectivity index (χ4v) is 3.67. The fourth-order valence-electron chi connectivity index (χ4n) is 2.78. The number of nitrogens with zero attached hydrogens (tertiary/aromatic N) is 2. The highest BCUT2D eigenvalue weighted by Gasteiger charge is 2.35. The number of alkyl halides is 3. The van der Waals surface area contributed by atoms with Gasteiger partial charge in [-0.1, -0.05) is 17.4 Å². The molecule has 0 aliphatic rings. The van der Waals surface area contributed by atoms with Crippen LogP contribution in [0.1, 0.15) is 30.3 Å². The van der Waals surface area contributed by atoms with Crippen molar-refractivity contribution >= 4 is 11.3 Å². The summed E-state index contributed by atoms with van der Waals surface area (Å²) in [5.74, 6) is -0.310. The summed E-state index contributed by atoms with van der Waals surface area (Å²) < 4.78 is 64.8. The Bertz CT molecular complexity index is 1070. The largest absolute Gasteiger partial charge is 0.493 e. The van der Waals surface area contributed by atoms with Crippen molar-refractivity contribution < 1.29 is 32.1 Å². The van der Waals surface area contributed by atoms with Crippen molar-refractivity contribution in [2.45, 2.75) is 31.5 Å². The third-order valence-electron chi connectivity index (χ3n) is 4.63. The predicted molar refractivity (Wildman–Crippen MR) is 116 cm³/mol. The van der Waals surface area contributed by atoms with Gasteiger partial charge in [-0.15, -0.1) is 10.2 Å². The molecule has 1 heterocycles. The molecule has 0 aliphatic carbocycles. The summed E-state index contributed by atoms with van der Waals surface area (Å²) in [6.07, 6.45) is -3.66. The molecule has 33 heavy (non-hydrogen) atoms. The quantitative estimate of drug-likeness (QED) is 0.318. The van der Waals surface area contributed by atoms with Crippen LogP contribution in [-0.2, 0) is 11.7 Å². The van der Waals surface area contributed by atoms with E-state index in [9.17, 15) is 22.7 Å². The van der Waals surface area contributed by atoms with Gasteiger partial charge in [0.1, 0.15) is 27.3 Å². The zero-order chi connectivity index (χ0) is 24.1. The molecule has 0 aliphatic heterocycles. The van der Waals surface area contributed by atoms with E-state index in [1.165, 1.54) is 30.3 Å². The maximum absolute atomic E-state index is 13.6. The number of ether oxygens (including phenoxy) is 2. The Morgan fingerprint density at radius 1 is 1.03 bits per heavy atom. The summed E-state index contributed by atoms with van der Waals surface area (Å²) in [5.41, 5.74) is 4.07. The van der Waals surface area contributed by atoms with Gasteiger partial charge < -0.3 is 20.3 Å². The molecule has 0 saturated heterocycles. The van der Waals surface area contributed by atoms with Crippen LogP contribution in [0.15, 0.2) is 42.5 Å². The summed E-state index contributed by atoms with van der Waals surface area (Å²) >= 11 is 1.02. The van der Waals surface area contributed by atoms with E-state index in [4.69, 9.17) is 15.2 Å². The normalized spacial score (nSPS) is 13.5. The third-order valence-corrected chi connectivity index (χ3v) is 5.89. The molecule has 0 fully saturated rings. The van der Waals surface area contributed by atoms with Gasteiger partial charge in [-0.2, -0.15) is 13.2 Å². The molecule has 3 N–H and O–H groups in total. The minimum Gasteiger partial charge on any atom is -0.493 e. The van der Waals surface area contributed by atoms with Crippen molar-refractivity contribution in [3.05, 3.63) is 58.9 Å². The first kappa shape index (κ1) is 24.9. The van der Waals surface area contributed by atoms with Crippen LogP contribution in [0, 0.1) is 5.82 Å². The zero-order valence-corrected chi connectivity index (χ0v) is 18.5. The molecule has 6 nitrogen and oxygen atoms in total. The van der Waals surface area contributed by atoms with Crippen LogP contribution in [0.3, 0.4) is 0 Å². The summed E-state index contributed by atoms with van der Waals surface area (Å²) in [7, 11) is 0. The maximum Gasteiger partial charge on any atom is 0.419 e.